The van der Waals surface area contributed by atoms with Crippen molar-refractivity contribution in [2.45, 2.75) is 26.9 Å². The summed E-state index contributed by atoms with van der Waals surface area (Å²) < 4.78 is 30.3. The molecule has 1 aromatic heterocycles. The van der Waals surface area contributed by atoms with Gasteiger partial charge in [-0.25, -0.2) is 4.68 Å². The summed E-state index contributed by atoms with van der Waals surface area (Å²) in [5, 5.41) is 8.05. The first-order chi connectivity index (χ1) is 12.3. The number of nitrogens with two attached hydrogens (primary N) is 1. The molecule has 2 N–H and O–H groups in total. The van der Waals surface area contributed by atoms with E-state index in [0.29, 0.717) is 31.0 Å². The number of amides is 1. The topological polar surface area (TPSA) is 86.3 Å². The number of alkyl halides is 2. The van der Waals surface area contributed by atoms with Gasteiger partial charge < -0.3 is 15.4 Å². The number of rotatable bonds is 5. The largest absolute Gasteiger partial charge is 0.435 e. The van der Waals surface area contributed by atoms with Crippen molar-refractivity contribution in [1.29, 1.82) is 0 Å². The molecule has 0 saturated carbocycles. The fraction of sp³-hybridized carbons (Fsp3) is 0.471. The molecule has 0 bridgehead atoms. The Bertz CT molecular complexity index is 793. The third-order valence-corrected chi connectivity index (χ3v) is 4.74. The maximum atomic E-state index is 12.8. The Hall–Kier alpha value is -2.55. The maximum absolute atomic E-state index is 12.8. The zero-order valence-corrected chi connectivity index (χ0v) is 14.7. The van der Waals surface area contributed by atoms with Crippen molar-refractivity contribution >= 4 is 5.91 Å². The van der Waals surface area contributed by atoms with Gasteiger partial charge in [-0.15, -0.1) is 5.10 Å². The second kappa shape index (κ2) is 6.99. The van der Waals surface area contributed by atoms with Crippen molar-refractivity contribution in [3.63, 3.8) is 0 Å². The van der Waals surface area contributed by atoms with E-state index in [9.17, 15) is 13.6 Å². The summed E-state index contributed by atoms with van der Waals surface area (Å²) in [5.74, 6) is -0.125. The highest BCUT2D eigenvalue weighted by atomic mass is 19.3. The van der Waals surface area contributed by atoms with Crippen molar-refractivity contribution in [2.75, 3.05) is 19.6 Å². The van der Waals surface area contributed by atoms with E-state index >= 15 is 0 Å². The summed E-state index contributed by atoms with van der Waals surface area (Å²) in [5.41, 5.74) is 7.18. The third kappa shape index (κ3) is 3.52. The molecule has 1 atom stereocenters. The molecule has 1 aliphatic rings. The number of benzene rings is 1. The van der Waals surface area contributed by atoms with Crippen LogP contribution in [-0.4, -0.2) is 52.0 Å². The van der Waals surface area contributed by atoms with Gasteiger partial charge in [0, 0.05) is 13.1 Å². The predicted octanol–water partition coefficient (Wildman–Crippen LogP) is 1.99. The normalized spacial score (nSPS) is 20.0. The monoisotopic (exact) mass is 365 g/mol. The number of halogens is 2. The van der Waals surface area contributed by atoms with Crippen molar-refractivity contribution in [1.82, 2.24) is 19.9 Å². The summed E-state index contributed by atoms with van der Waals surface area (Å²) in [6.45, 7) is 2.68. The van der Waals surface area contributed by atoms with Gasteiger partial charge in [0.15, 0.2) is 5.69 Å². The molecule has 0 spiro atoms. The zero-order chi connectivity index (χ0) is 18.9. The molecule has 1 aliphatic heterocycles. The van der Waals surface area contributed by atoms with Gasteiger partial charge in [-0.1, -0.05) is 12.1 Å². The molecule has 140 valence electrons. The lowest BCUT2D eigenvalue weighted by molar-refractivity contribution is -0.0498. The van der Waals surface area contributed by atoms with Gasteiger partial charge >= 0.3 is 6.61 Å². The molecule has 7 nitrogen and oxygen atoms in total. The highest BCUT2D eigenvalue weighted by Crippen LogP contribution is 2.29. The Morgan fingerprint density at radius 2 is 2.08 bits per heavy atom. The number of carbonyl (C=O) groups is 1. The minimum atomic E-state index is -2.88. The lowest BCUT2D eigenvalue weighted by atomic mass is 9.90. The average Bonchev–Trinajstić information content (AvgIpc) is 3.19. The fourth-order valence-electron chi connectivity index (χ4n) is 3.05. The number of likely N-dealkylation sites (tertiary alicyclic amines) is 1. The highest BCUT2D eigenvalue weighted by Gasteiger charge is 2.36. The Labute approximate surface area is 149 Å². The quantitative estimate of drug-likeness (QED) is 0.876. The van der Waals surface area contributed by atoms with Crippen LogP contribution in [0.15, 0.2) is 24.3 Å². The average molecular weight is 365 g/mol. The van der Waals surface area contributed by atoms with E-state index in [1.54, 1.807) is 24.0 Å². The number of carbonyl (C=O) groups excluding carboxylic acids is 1. The van der Waals surface area contributed by atoms with Gasteiger partial charge in [0.1, 0.15) is 5.75 Å². The van der Waals surface area contributed by atoms with E-state index in [2.05, 4.69) is 22.0 Å². The van der Waals surface area contributed by atoms with Crippen LogP contribution in [0.2, 0.25) is 0 Å². The van der Waals surface area contributed by atoms with Crippen molar-refractivity contribution in [2.24, 2.45) is 11.1 Å². The van der Waals surface area contributed by atoms with Crippen LogP contribution < -0.4 is 10.5 Å². The minimum absolute atomic E-state index is 0.0518. The number of aromatic nitrogens is 3. The van der Waals surface area contributed by atoms with Crippen molar-refractivity contribution in [3.8, 4) is 11.4 Å². The standard InChI is InChI=1S/C17H21F2N5O2/c1-11-14(15(25)23-8-7-17(2,9-20)10-23)21-22-24(11)12-3-5-13(6-4-12)26-16(18)19/h3-6,16H,7-10,20H2,1-2H3. The molecule has 2 aromatic rings. The highest BCUT2D eigenvalue weighted by molar-refractivity contribution is 5.93. The molecule has 1 aromatic carbocycles. The van der Waals surface area contributed by atoms with E-state index in [1.165, 1.54) is 16.8 Å². The summed E-state index contributed by atoms with van der Waals surface area (Å²) in [7, 11) is 0. The van der Waals surface area contributed by atoms with Gasteiger partial charge in [-0.05, 0) is 49.6 Å². The van der Waals surface area contributed by atoms with E-state index in [0.717, 1.165) is 6.42 Å². The van der Waals surface area contributed by atoms with Crippen LogP contribution in [0.25, 0.3) is 5.69 Å². The van der Waals surface area contributed by atoms with Crippen LogP contribution in [0.3, 0.4) is 0 Å². The molecule has 3 rings (SSSR count). The van der Waals surface area contributed by atoms with Gasteiger partial charge in [0.25, 0.3) is 5.91 Å². The molecule has 9 heteroatoms. The van der Waals surface area contributed by atoms with Crippen LogP contribution in [0.5, 0.6) is 5.75 Å². The van der Waals surface area contributed by atoms with Crippen molar-refractivity contribution in [3.05, 3.63) is 35.7 Å². The Kier molecular flexibility index (Phi) is 4.90. The van der Waals surface area contributed by atoms with E-state index < -0.39 is 6.61 Å². The molecule has 1 fully saturated rings. The Morgan fingerprint density at radius 1 is 1.38 bits per heavy atom. The summed E-state index contributed by atoms with van der Waals surface area (Å²) >= 11 is 0. The number of hydrogen-bond acceptors (Lipinski definition) is 5. The number of ether oxygens (including phenoxy) is 1. The Balaban J connectivity index is 1.79. The van der Waals surface area contributed by atoms with Crippen molar-refractivity contribution < 1.29 is 18.3 Å². The minimum Gasteiger partial charge on any atom is -0.435 e. The number of nitrogens with zero attached hydrogens (tertiary/aromatic N) is 4. The molecule has 0 radical (unpaired) electrons. The second-order valence-electron chi connectivity index (χ2n) is 6.80. The maximum Gasteiger partial charge on any atom is 0.387 e. The summed E-state index contributed by atoms with van der Waals surface area (Å²) in [6, 6.07) is 5.98. The predicted molar refractivity (Wildman–Crippen MR) is 90.4 cm³/mol. The molecule has 0 aliphatic carbocycles. The smallest absolute Gasteiger partial charge is 0.387 e. The van der Waals surface area contributed by atoms with Gasteiger partial charge in [-0.2, -0.15) is 8.78 Å². The van der Waals surface area contributed by atoms with Crippen LogP contribution in [-0.2, 0) is 0 Å². The van der Waals surface area contributed by atoms with E-state index in [1.807, 2.05) is 0 Å². The lowest BCUT2D eigenvalue weighted by Gasteiger charge is -2.22. The zero-order valence-electron chi connectivity index (χ0n) is 14.7. The van der Waals surface area contributed by atoms with Gasteiger partial charge in [0.2, 0.25) is 0 Å². The van der Waals surface area contributed by atoms with Gasteiger partial charge in [-0.3, -0.25) is 4.79 Å². The third-order valence-electron chi connectivity index (χ3n) is 4.74. The van der Waals surface area contributed by atoms with Crippen LogP contribution >= 0.6 is 0 Å². The summed E-state index contributed by atoms with van der Waals surface area (Å²) in [4.78, 5) is 14.5. The van der Waals surface area contributed by atoms with Crippen LogP contribution in [0.4, 0.5) is 8.78 Å². The second-order valence-corrected chi connectivity index (χ2v) is 6.80. The molecule has 1 amide bonds. The first-order valence-electron chi connectivity index (χ1n) is 8.30. The first-order valence-corrected chi connectivity index (χ1v) is 8.30. The summed E-state index contributed by atoms with van der Waals surface area (Å²) in [6.07, 6.45) is 0.855. The Morgan fingerprint density at radius 3 is 2.65 bits per heavy atom. The van der Waals surface area contributed by atoms with Gasteiger partial charge in [0.05, 0.1) is 11.4 Å². The SMILES string of the molecule is Cc1c(C(=O)N2CCC(C)(CN)C2)nnn1-c1ccc(OC(F)F)cc1. The van der Waals surface area contributed by atoms with Crippen LogP contribution in [0.1, 0.15) is 29.5 Å². The molecular formula is C17H21F2N5O2. The van der Waals surface area contributed by atoms with E-state index in [-0.39, 0.29) is 22.8 Å². The van der Waals surface area contributed by atoms with E-state index in [4.69, 9.17) is 5.73 Å². The molecule has 1 unspecified atom stereocenters. The molecule has 1 saturated heterocycles. The van der Waals surface area contributed by atoms with Crippen LogP contribution in [0, 0.1) is 12.3 Å². The number of hydrogen-bond donors (Lipinski definition) is 1. The molecule has 2 heterocycles. The fourth-order valence-corrected chi connectivity index (χ4v) is 3.05. The molecular weight excluding hydrogens is 344 g/mol. The lowest BCUT2D eigenvalue weighted by Crippen LogP contribution is -2.35. The molecule has 26 heavy (non-hydrogen) atoms. The first kappa shape index (κ1) is 18.2.